The minimum atomic E-state index is -1.08. The molecule has 0 saturated heterocycles. The maximum atomic E-state index is 12.2. The van der Waals surface area contributed by atoms with Gasteiger partial charge >= 0.3 is 5.97 Å². The molecule has 130 valence electrons. The lowest BCUT2D eigenvalue weighted by molar-refractivity contribution is -0.142. The van der Waals surface area contributed by atoms with Crippen LogP contribution in [0.15, 0.2) is 18.2 Å². The van der Waals surface area contributed by atoms with Crippen molar-refractivity contribution in [2.75, 3.05) is 18.1 Å². The van der Waals surface area contributed by atoms with Gasteiger partial charge in [0.15, 0.2) is 6.61 Å². The van der Waals surface area contributed by atoms with Crippen LogP contribution >= 0.6 is 0 Å². The molecule has 1 aromatic carbocycles. The number of aryl methyl sites for hydroxylation is 1. The molecule has 1 unspecified atom stereocenters. The highest BCUT2D eigenvalue weighted by Crippen LogP contribution is 2.32. The van der Waals surface area contributed by atoms with Crippen LogP contribution in [0.1, 0.15) is 25.8 Å². The van der Waals surface area contributed by atoms with Crippen molar-refractivity contribution in [2.45, 2.75) is 33.2 Å². The average molecular weight is 334 g/mol. The summed E-state index contributed by atoms with van der Waals surface area (Å²) in [7, 11) is 0. The minimum Gasteiger partial charge on any atom is -0.482 e. The molecule has 1 aliphatic rings. The normalized spacial score (nSPS) is 14.8. The SMILES string of the molecule is Cc1ccc2c(c1)N(CC(=O)NC(CC(C)C)C(=O)O)C(=O)CO2. The van der Waals surface area contributed by atoms with Crippen molar-refractivity contribution < 1.29 is 24.2 Å². The molecule has 1 heterocycles. The quantitative estimate of drug-likeness (QED) is 0.818. The number of aliphatic carboxylic acids is 1. The van der Waals surface area contributed by atoms with Crippen LogP contribution in [0.3, 0.4) is 0 Å². The van der Waals surface area contributed by atoms with Gasteiger partial charge in [-0.15, -0.1) is 0 Å². The second-order valence-corrected chi connectivity index (χ2v) is 6.33. The third-order valence-electron chi connectivity index (χ3n) is 3.70. The van der Waals surface area contributed by atoms with Crippen molar-refractivity contribution in [2.24, 2.45) is 5.92 Å². The Kier molecular flexibility index (Phi) is 5.43. The van der Waals surface area contributed by atoms with Crippen molar-refractivity contribution in [3.05, 3.63) is 23.8 Å². The van der Waals surface area contributed by atoms with E-state index in [9.17, 15) is 19.5 Å². The Morgan fingerprint density at radius 1 is 1.38 bits per heavy atom. The molecule has 0 bridgehead atoms. The highest BCUT2D eigenvalue weighted by molar-refractivity contribution is 6.02. The van der Waals surface area contributed by atoms with Gasteiger partial charge in [0.2, 0.25) is 5.91 Å². The highest BCUT2D eigenvalue weighted by atomic mass is 16.5. The zero-order chi connectivity index (χ0) is 17.9. The Hall–Kier alpha value is -2.57. The molecule has 0 fully saturated rings. The first kappa shape index (κ1) is 17.8. The number of nitrogens with one attached hydrogen (secondary N) is 1. The predicted octanol–water partition coefficient (Wildman–Crippen LogP) is 1.34. The topological polar surface area (TPSA) is 95.9 Å². The van der Waals surface area contributed by atoms with E-state index in [0.717, 1.165) is 5.56 Å². The van der Waals surface area contributed by atoms with Crippen LogP contribution in [-0.4, -0.2) is 42.1 Å². The van der Waals surface area contributed by atoms with Crippen LogP contribution in [0.4, 0.5) is 5.69 Å². The number of anilines is 1. The van der Waals surface area contributed by atoms with Gasteiger partial charge in [-0.3, -0.25) is 14.5 Å². The van der Waals surface area contributed by atoms with E-state index < -0.39 is 17.9 Å². The molecule has 7 heteroatoms. The monoisotopic (exact) mass is 334 g/mol. The number of carbonyl (C=O) groups is 3. The first-order chi connectivity index (χ1) is 11.3. The lowest BCUT2D eigenvalue weighted by Crippen LogP contribution is -2.49. The number of nitrogens with zero attached hydrogens (tertiary/aromatic N) is 1. The van der Waals surface area contributed by atoms with Gasteiger partial charge in [-0.25, -0.2) is 4.79 Å². The highest BCUT2D eigenvalue weighted by Gasteiger charge is 2.29. The fourth-order valence-corrected chi connectivity index (χ4v) is 2.56. The van der Waals surface area contributed by atoms with E-state index in [1.807, 2.05) is 26.8 Å². The lowest BCUT2D eigenvalue weighted by Gasteiger charge is -2.29. The number of carbonyl (C=O) groups excluding carboxylic acids is 2. The van der Waals surface area contributed by atoms with Crippen LogP contribution in [0.25, 0.3) is 0 Å². The fraction of sp³-hybridized carbons (Fsp3) is 0.471. The van der Waals surface area contributed by atoms with Gasteiger partial charge in [-0.2, -0.15) is 0 Å². The van der Waals surface area contributed by atoms with Crippen molar-refractivity contribution >= 4 is 23.5 Å². The van der Waals surface area contributed by atoms with Gasteiger partial charge in [0.05, 0.1) is 5.69 Å². The number of amides is 2. The van der Waals surface area contributed by atoms with E-state index in [1.165, 1.54) is 4.90 Å². The summed E-state index contributed by atoms with van der Waals surface area (Å²) < 4.78 is 5.36. The number of fused-ring (bicyclic) bond motifs is 1. The summed E-state index contributed by atoms with van der Waals surface area (Å²) in [6.07, 6.45) is 0.327. The van der Waals surface area contributed by atoms with Crippen molar-refractivity contribution in [3.63, 3.8) is 0 Å². The lowest BCUT2D eigenvalue weighted by atomic mass is 10.0. The molecule has 24 heavy (non-hydrogen) atoms. The van der Waals surface area contributed by atoms with Crippen LogP contribution < -0.4 is 15.0 Å². The number of hydrogen-bond donors (Lipinski definition) is 2. The van der Waals surface area contributed by atoms with Crippen LogP contribution in [0.5, 0.6) is 5.75 Å². The number of rotatable bonds is 6. The minimum absolute atomic E-state index is 0.125. The third kappa shape index (κ3) is 4.24. The second-order valence-electron chi connectivity index (χ2n) is 6.33. The summed E-state index contributed by atoms with van der Waals surface area (Å²) in [5, 5.41) is 11.7. The Morgan fingerprint density at radius 3 is 2.71 bits per heavy atom. The van der Waals surface area contributed by atoms with E-state index in [-0.39, 0.29) is 25.0 Å². The van der Waals surface area contributed by atoms with Gasteiger partial charge in [-0.1, -0.05) is 19.9 Å². The maximum Gasteiger partial charge on any atom is 0.326 e. The number of carboxylic acids is 1. The number of carboxylic acid groups (broad SMARTS) is 1. The molecule has 2 amide bonds. The molecular formula is C17H22N2O5. The zero-order valence-corrected chi connectivity index (χ0v) is 14.0. The summed E-state index contributed by atoms with van der Waals surface area (Å²) in [6.45, 7) is 5.26. The smallest absolute Gasteiger partial charge is 0.326 e. The van der Waals surface area contributed by atoms with E-state index in [0.29, 0.717) is 17.9 Å². The molecule has 0 spiro atoms. The van der Waals surface area contributed by atoms with Crippen LogP contribution in [0.2, 0.25) is 0 Å². The molecule has 0 aliphatic carbocycles. The molecular weight excluding hydrogens is 312 g/mol. The summed E-state index contributed by atoms with van der Waals surface area (Å²) in [5.41, 5.74) is 1.46. The third-order valence-corrected chi connectivity index (χ3v) is 3.70. The summed E-state index contributed by atoms with van der Waals surface area (Å²) >= 11 is 0. The number of benzene rings is 1. The fourth-order valence-electron chi connectivity index (χ4n) is 2.56. The zero-order valence-electron chi connectivity index (χ0n) is 14.0. The molecule has 1 aliphatic heterocycles. The standard InChI is InChI=1S/C17H22N2O5/c1-10(2)6-12(17(22)23)18-15(20)8-19-13-7-11(3)4-5-14(13)24-9-16(19)21/h4-5,7,10,12H,6,8-9H2,1-3H3,(H,18,20)(H,22,23). The Morgan fingerprint density at radius 2 is 2.08 bits per heavy atom. The Bertz CT molecular complexity index is 656. The van der Waals surface area contributed by atoms with E-state index in [4.69, 9.17) is 4.74 Å². The summed E-state index contributed by atoms with van der Waals surface area (Å²) in [4.78, 5) is 36.9. The van der Waals surface area contributed by atoms with Crippen molar-refractivity contribution in [3.8, 4) is 5.75 Å². The number of hydrogen-bond acceptors (Lipinski definition) is 4. The molecule has 1 aromatic rings. The van der Waals surface area contributed by atoms with Gasteiger partial charge in [0.25, 0.3) is 5.91 Å². The average Bonchev–Trinajstić information content (AvgIpc) is 2.49. The molecule has 1 atom stereocenters. The molecule has 2 N–H and O–H groups in total. The first-order valence-electron chi connectivity index (χ1n) is 7.84. The molecule has 0 radical (unpaired) electrons. The Labute approximate surface area is 140 Å². The Balaban J connectivity index is 2.12. The second kappa shape index (κ2) is 7.33. The summed E-state index contributed by atoms with van der Waals surface area (Å²) in [6, 6.07) is 4.41. The van der Waals surface area contributed by atoms with Gasteiger partial charge in [0.1, 0.15) is 18.3 Å². The van der Waals surface area contributed by atoms with Gasteiger partial charge in [-0.05, 0) is 37.0 Å². The van der Waals surface area contributed by atoms with Gasteiger partial charge in [0, 0.05) is 0 Å². The van der Waals surface area contributed by atoms with Crippen LogP contribution in [-0.2, 0) is 14.4 Å². The van der Waals surface area contributed by atoms with E-state index in [2.05, 4.69) is 5.32 Å². The first-order valence-corrected chi connectivity index (χ1v) is 7.84. The summed E-state index contributed by atoms with van der Waals surface area (Å²) in [5.74, 6) is -1.27. The van der Waals surface area contributed by atoms with Gasteiger partial charge < -0.3 is 15.2 Å². The van der Waals surface area contributed by atoms with Crippen LogP contribution in [0, 0.1) is 12.8 Å². The maximum absolute atomic E-state index is 12.2. The largest absolute Gasteiger partial charge is 0.482 e. The number of ether oxygens (including phenoxy) is 1. The predicted molar refractivity (Wildman–Crippen MR) is 88.0 cm³/mol. The van der Waals surface area contributed by atoms with Crippen molar-refractivity contribution in [1.82, 2.24) is 5.32 Å². The van der Waals surface area contributed by atoms with E-state index in [1.54, 1.807) is 12.1 Å². The van der Waals surface area contributed by atoms with Crippen molar-refractivity contribution in [1.29, 1.82) is 0 Å². The van der Waals surface area contributed by atoms with E-state index >= 15 is 0 Å². The molecule has 2 rings (SSSR count). The molecule has 0 aromatic heterocycles. The molecule has 7 nitrogen and oxygen atoms in total. The molecule has 0 saturated carbocycles.